The molecule has 0 aliphatic rings. The Hall–Kier alpha value is -6.18. The zero-order valence-corrected chi connectivity index (χ0v) is 26.2. The highest BCUT2D eigenvalue weighted by Crippen LogP contribution is 2.35. The number of aromatic nitrogens is 2. The summed E-state index contributed by atoms with van der Waals surface area (Å²) in [4.78, 5) is 43.1. The monoisotopic (exact) mass is 674 g/mol. The summed E-state index contributed by atoms with van der Waals surface area (Å²) in [5.41, 5.74) is 1.15. The normalized spacial score (nSPS) is 11.1. The minimum Gasteiger partial charge on any atom is -0.497 e. The van der Waals surface area contributed by atoms with Crippen LogP contribution in [0.3, 0.4) is 0 Å². The number of alkyl halides is 3. The number of rotatable bonds is 12. The molecule has 0 aliphatic carbocycles. The number of anilines is 1. The van der Waals surface area contributed by atoms with E-state index >= 15 is 0 Å². The van der Waals surface area contributed by atoms with Gasteiger partial charge in [0.2, 0.25) is 11.7 Å². The van der Waals surface area contributed by atoms with E-state index in [9.17, 15) is 32.7 Å². The van der Waals surface area contributed by atoms with Crippen molar-refractivity contribution in [3.8, 4) is 34.3 Å². The molecule has 0 bridgehead atoms. The Morgan fingerprint density at radius 2 is 1.49 bits per heavy atom. The summed E-state index contributed by atoms with van der Waals surface area (Å²) in [7, 11) is 2.81. The van der Waals surface area contributed by atoms with Gasteiger partial charge in [-0.2, -0.15) is 18.2 Å². The number of carboxylic acids is 1. The van der Waals surface area contributed by atoms with Crippen LogP contribution in [0.1, 0.15) is 27.0 Å². The number of nitrogens with zero attached hydrogens (tertiary/aromatic N) is 3. The molecular weight excluding hydrogens is 645 g/mol. The minimum absolute atomic E-state index is 0.00853. The second-order valence-electron chi connectivity index (χ2n) is 10.7. The summed E-state index contributed by atoms with van der Waals surface area (Å²) in [6.07, 6.45) is -5.24. The molecule has 0 unspecified atom stereocenters. The first kappa shape index (κ1) is 34.2. The van der Waals surface area contributed by atoms with Crippen LogP contribution in [-0.4, -0.2) is 58.7 Å². The SMILES string of the molecule is COc1ccc(-c2noc(-c3ccc(CN(CC(=O)O)C(=O)c4ccc(NC(=O)Cc5ccc(OC)cc5C(F)(F)F)cc4)cc3)n2)cc1. The van der Waals surface area contributed by atoms with Crippen LogP contribution < -0.4 is 14.8 Å². The van der Waals surface area contributed by atoms with E-state index in [0.717, 1.165) is 16.5 Å². The molecule has 1 aromatic heterocycles. The fraction of sp³-hybridized carbons (Fsp3) is 0.171. The fourth-order valence-corrected chi connectivity index (χ4v) is 4.89. The average molecular weight is 675 g/mol. The lowest BCUT2D eigenvalue weighted by Gasteiger charge is -2.21. The van der Waals surface area contributed by atoms with Crippen molar-refractivity contribution in [3.63, 3.8) is 0 Å². The smallest absolute Gasteiger partial charge is 0.416 e. The quantitative estimate of drug-likeness (QED) is 0.155. The third-order valence-electron chi connectivity index (χ3n) is 7.35. The molecule has 49 heavy (non-hydrogen) atoms. The van der Waals surface area contributed by atoms with Gasteiger partial charge < -0.3 is 29.3 Å². The topological polar surface area (TPSA) is 144 Å². The lowest BCUT2D eigenvalue weighted by Crippen LogP contribution is -2.35. The number of methoxy groups -OCH3 is 2. The Balaban J connectivity index is 1.23. The molecule has 0 saturated heterocycles. The van der Waals surface area contributed by atoms with Gasteiger partial charge in [-0.25, -0.2) is 0 Å². The third kappa shape index (κ3) is 8.60. The maximum atomic E-state index is 13.5. The average Bonchev–Trinajstić information content (AvgIpc) is 3.58. The number of benzene rings is 4. The van der Waals surface area contributed by atoms with Gasteiger partial charge in [-0.15, -0.1) is 0 Å². The number of aliphatic carboxylic acids is 1. The molecule has 0 saturated carbocycles. The summed E-state index contributed by atoms with van der Waals surface area (Å²) in [5, 5.41) is 16.0. The van der Waals surface area contributed by atoms with Crippen molar-refractivity contribution < 1.29 is 46.7 Å². The maximum absolute atomic E-state index is 13.5. The van der Waals surface area contributed by atoms with Gasteiger partial charge in [0.1, 0.15) is 18.0 Å². The van der Waals surface area contributed by atoms with Crippen molar-refractivity contribution in [3.05, 3.63) is 113 Å². The van der Waals surface area contributed by atoms with Crippen molar-refractivity contribution in [2.45, 2.75) is 19.1 Å². The fourth-order valence-electron chi connectivity index (χ4n) is 4.89. The number of amides is 2. The van der Waals surface area contributed by atoms with Crippen LogP contribution in [0.5, 0.6) is 11.5 Å². The number of carbonyl (C=O) groups is 3. The van der Waals surface area contributed by atoms with E-state index in [-0.39, 0.29) is 35.0 Å². The molecule has 11 nitrogen and oxygen atoms in total. The van der Waals surface area contributed by atoms with E-state index < -0.39 is 42.5 Å². The minimum atomic E-state index is -4.69. The van der Waals surface area contributed by atoms with E-state index in [0.29, 0.717) is 22.7 Å². The highest BCUT2D eigenvalue weighted by molar-refractivity contribution is 5.97. The Kier molecular flexibility index (Phi) is 10.3. The largest absolute Gasteiger partial charge is 0.497 e. The first-order valence-electron chi connectivity index (χ1n) is 14.7. The van der Waals surface area contributed by atoms with Crippen molar-refractivity contribution in [1.82, 2.24) is 15.0 Å². The van der Waals surface area contributed by atoms with Crippen molar-refractivity contribution in [2.75, 3.05) is 26.1 Å². The van der Waals surface area contributed by atoms with Crippen LogP contribution in [0.15, 0.2) is 95.5 Å². The summed E-state index contributed by atoms with van der Waals surface area (Å²) in [6.45, 7) is -0.619. The van der Waals surface area contributed by atoms with Crippen LogP contribution in [0.2, 0.25) is 0 Å². The predicted octanol–water partition coefficient (Wildman–Crippen LogP) is 6.35. The first-order chi connectivity index (χ1) is 23.4. The summed E-state index contributed by atoms with van der Waals surface area (Å²) in [5.74, 6) is -1.15. The Morgan fingerprint density at radius 3 is 2.10 bits per heavy atom. The molecule has 252 valence electrons. The molecule has 0 atom stereocenters. The van der Waals surface area contributed by atoms with Gasteiger partial charge in [-0.1, -0.05) is 23.4 Å². The number of ether oxygens (including phenoxy) is 2. The number of carbonyl (C=O) groups excluding carboxylic acids is 2. The van der Waals surface area contributed by atoms with Gasteiger partial charge >= 0.3 is 12.1 Å². The number of halogens is 3. The molecule has 5 aromatic rings. The molecule has 4 aromatic carbocycles. The van der Waals surface area contributed by atoms with E-state index in [1.165, 1.54) is 43.5 Å². The van der Waals surface area contributed by atoms with E-state index in [2.05, 4.69) is 15.5 Å². The van der Waals surface area contributed by atoms with Crippen LogP contribution in [0.4, 0.5) is 18.9 Å². The van der Waals surface area contributed by atoms with Crippen molar-refractivity contribution in [1.29, 1.82) is 0 Å². The van der Waals surface area contributed by atoms with Crippen LogP contribution in [0.25, 0.3) is 22.8 Å². The molecule has 0 aliphatic heterocycles. The zero-order chi connectivity index (χ0) is 35.1. The Bertz CT molecular complexity index is 1940. The summed E-state index contributed by atoms with van der Waals surface area (Å²) >= 11 is 0. The van der Waals surface area contributed by atoms with Gasteiger partial charge in [0, 0.05) is 28.9 Å². The standard InChI is InChI=1S/C35H29F3N4O7/c1-47-27-14-9-22(10-15-27)32-40-33(49-41-32)23-5-3-21(4-6-23)19-42(20-31(44)45)34(46)24-7-12-26(13-8-24)39-30(43)17-25-11-16-28(48-2)18-29(25)35(36,37)38/h3-16,18H,17,19-20H2,1-2H3,(H,39,43)(H,44,45). The molecule has 0 fully saturated rings. The van der Waals surface area contributed by atoms with Gasteiger partial charge in [-0.3, -0.25) is 14.4 Å². The van der Waals surface area contributed by atoms with Crippen LogP contribution in [-0.2, 0) is 28.7 Å². The third-order valence-corrected chi connectivity index (χ3v) is 7.35. The van der Waals surface area contributed by atoms with E-state index in [1.807, 2.05) is 0 Å². The van der Waals surface area contributed by atoms with E-state index in [1.54, 1.807) is 55.6 Å². The molecule has 5 rings (SSSR count). The van der Waals surface area contributed by atoms with Crippen molar-refractivity contribution >= 4 is 23.5 Å². The van der Waals surface area contributed by atoms with Gasteiger partial charge in [0.25, 0.3) is 11.8 Å². The Morgan fingerprint density at radius 1 is 0.857 bits per heavy atom. The number of hydrogen-bond acceptors (Lipinski definition) is 8. The zero-order valence-electron chi connectivity index (χ0n) is 26.2. The highest BCUT2D eigenvalue weighted by atomic mass is 19.4. The molecule has 14 heteroatoms. The van der Waals surface area contributed by atoms with Gasteiger partial charge in [0.15, 0.2) is 0 Å². The molecule has 0 radical (unpaired) electrons. The van der Waals surface area contributed by atoms with Gasteiger partial charge in [0.05, 0.1) is 26.2 Å². The highest BCUT2D eigenvalue weighted by Gasteiger charge is 2.34. The summed E-state index contributed by atoms with van der Waals surface area (Å²) < 4.78 is 56.1. The van der Waals surface area contributed by atoms with Crippen LogP contribution >= 0.6 is 0 Å². The summed E-state index contributed by atoms with van der Waals surface area (Å²) in [6, 6.07) is 22.9. The predicted molar refractivity (Wildman–Crippen MR) is 171 cm³/mol. The molecular formula is C35H29F3N4O7. The molecule has 0 spiro atoms. The van der Waals surface area contributed by atoms with Crippen molar-refractivity contribution in [2.24, 2.45) is 0 Å². The molecule has 2 amide bonds. The number of carboxylic acid groups (broad SMARTS) is 1. The first-order valence-corrected chi connectivity index (χ1v) is 14.7. The number of nitrogens with one attached hydrogen (secondary N) is 1. The Labute approximate surface area is 277 Å². The van der Waals surface area contributed by atoms with E-state index in [4.69, 9.17) is 14.0 Å². The number of hydrogen-bond donors (Lipinski definition) is 2. The lowest BCUT2D eigenvalue weighted by molar-refractivity contribution is -0.139. The molecule has 2 N–H and O–H groups in total. The maximum Gasteiger partial charge on any atom is 0.416 e. The van der Waals surface area contributed by atoms with Gasteiger partial charge in [-0.05, 0) is 83.9 Å². The lowest BCUT2D eigenvalue weighted by atomic mass is 10.0. The molecule has 1 heterocycles. The van der Waals surface area contributed by atoms with Crippen LogP contribution in [0, 0.1) is 0 Å². The second-order valence-corrected chi connectivity index (χ2v) is 10.7. The second kappa shape index (κ2) is 14.7.